The van der Waals surface area contributed by atoms with E-state index >= 15 is 0 Å². The van der Waals surface area contributed by atoms with E-state index in [1.165, 1.54) is 7.11 Å². The van der Waals surface area contributed by atoms with E-state index in [0.717, 1.165) is 18.7 Å². The van der Waals surface area contributed by atoms with Crippen LogP contribution in [-0.2, 0) is 28.7 Å². The highest BCUT2D eigenvalue weighted by Crippen LogP contribution is 2.50. The SMILES string of the molecule is CN[C@@H]1C[C@H]2CN(C(=O)OC)C[C@@]2(C(=O)N2CCc3ncc(C(F)(F)F)cc3C2)C1. The summed E-state index contributed by atoms with van der Waals surface area (Å²) in [5.41, 5.74) is -0.513. The fourth-order valence-electron chi connectivity index (χ4n) is 5.26. The highest BCUT2D eigenvalue weighted by molar-refractivity contribution is 5.86. The number of halogens is 3. The molecule has 3 atom stereocenters. The number of alkyl halides is 3. The van der Waals surface area contributed by atoms with Crippen LogP contribution in [0, 0.1) is 11.3 Å². The van der Waals surface area contributed by atoms with Gasteiger partial charge in [0.2, 0.25) is 5.91 Å². The van der Waals surface area contributed by atoms with Crippen LogP contribution in [0.25, 0.3) is 0 Å². The van der Waals surface area contributed by atoms with Crippen molar-refractivity contribution in [1.29, 1.82) is 0 Å². The van der Waals surface area contributed by atoms with Gasteiger partial charge in [0, 0.05) is 50.5 Å². The first kappa shape index (κ1) is 20.9. The second-order valence-corrected chi connectivity index (χ2v) is 8.43. The number of methoxy groups -OCH3 is 1. The van der Waals surface area contributed by atoms with Gasteiger partial charge in [0.25, 0.3) is 0 Å². The van der Waals surface area contributed by atoms with E-state index in [9.17, 15) is 22.8 Å². The number of likely N-dealkylation sites (tertiary alicyclic amines) is 1. The van der Waals surface area contributed by atoms with E-state index in [4.69, 9.17) is 4.74 Å². The van der Waals surface area contributed by atoms with E-state index in [1.54, 1.807) is 9.80 Å². The predicted octanol–water partition coefficient (Wildman–Crippen LogP) is 2.05. The van der Waals surface area contributed by atoms with E-state index in [2.05, 4.69) is 10.3 Å². The fourth-order valence-corrected chi connectivity index (χ4v) is 5.26. The molecule has 1 N–H and O–H groups in total. The van der Waals surface area contributed by atoms with E-state index < -0.39 is 23.2 Å². The van der Waals surface area contributed by atoms with E-state index in [1.807, 2.05) is 7.05 Å². The molecule has 1 aromatic rings. The summed E-state index contributed by atoms with van der Waals surface area (Å²) < 4.78 is 44.1. The number of ether oxygens (including phenoxy) is 1. The number of fused-ring (bicyclic) bond motifs is 2. The Morgan fingerprint density at radius 1 is 1.33 bits per heavy atom. The molecule has 2 amide bonds. The Hall–Kier alpha value is -2.36. The largest absolute Gasteiger partial charge is 0.453 e. The van der Waals surface area contributed by atoms with Gasteiger partial charge in [-0.05, 0) is 37.4 Å². The van der Waals surface area contributed by atoms with Gasteiger partial charge in [-0.15, -0.1) is 0 Å². The molecule has 1 aliphatic carbocycles. The molecule has 164 valence electrons. The zero-order valence-electron chi connectivity index (χ0n) is 17.0. The Balaban J connectivity index is 1.59. The zero-order valence-corrected chi connectivity index (χ0v) is 17.0. The Bertz CT molecular complexity index is 862. The minimum Gasteiger partial charge on any atom is -0.453 e. The molecular formula is C20H25F3N4O3. The minimum atomic E-state index is -4.48. The predicted molar refractivity (Wildman–Crippen MR) is 100 cm³/mol. The number of hydrogen-bond acceptors (Lipinski definition) is 5. The molecule has 0 radical (unpaired) electrons. The maximum atomic E-state index is 13.7. The van der Waals surface area contributed by atoms with Gasteiger partial charge < -0.3 is 19.9 Å². The Labute approximate surface area is 172 Å². The van der Waals surface area contributed by atoms with E-state index in [-0.39, 0.29) is 31.0 Å². The topological polar surface area (TPSA) is 74.8 Å². The number of carbonyl (C=O) groups excluding carboxylic acids is 2. The van der Waals surface area contributed by atoms with Crippen molar-refractivity contribution in [3.8, 4) is 0 Å². The summed E-state index contributed by atoms with van der Waals surface area (Å²) in [6, 6.07) is 1.26. The van der Waals surface area contributed by atoms with Gasteiger partial charge in [-0.2, -0.15) is 13.2 Å². The average Bonchev–Trinajstić information content (AvgIpc) is 3.26. The second-order valence-electron chi connectivity index (χ2n) is 8.43. The Morgan fingerprint density at radius 3 is 2.77 bits per heavy atom. The van der Waals surface area contributed by atoms with Gasteiger partial charge >= 0.3 is 12.3 Å². The van der Waals surface area contributed by atoms with Crippen LogP contribution in [0.2, 0.25) is 0 Å². The molecule has 30 heavy (non-hydrogen) atoms. The third kappa shape index (κ3) is 3.40. The van der Waals surface area contributed by atoms with Crippen LogP contribution in [0.1, 0.15) is 29.7 Å². The van der Waals surface area contributed by atoms with Gasteiger partial charge in [-0.3, -0.25) is 9.78 Å². The molecular weight excluding hydrogens is 401 g/mol. The quantitative estimate of drug-likeness (QED) is 0.784. The molecule has 3 aliphatic rings. The highest BCUT2D eigenvalue weighted by atomic mass is 19.4. The molecule has 10 heteroatoms. The highest BCUT2D eigenvalue weighted by Gasteiger charge is 2.59. The molecule has 0 aromatic carbocycles. The van der Waals surface area contributed by atoms with Gasteiger partial charge in [0.05, 0.1) is 18.1 Å². The molecule has 2 aliphatic heterocycles. The van der Waals surface area contributed by atoms with Gasteiger partial charge in [0.1, 0.15) is 0 Å². The van der Waals surface area contributed by atoms with Gasteiger partial charge in [0.15, 0.2) is 0 Å². The summed E-state index contributed by atoms with van der Waals surface area (Å²) in [7, 11) is 3.16. The standard InChI is InChI=1S/C20H25F3N4O3/c1-24-15-6-14-10-27(18(29)30-2)11-19(14,7-15)17(28)26-4-3-16-12(9-26)5-13(8-25-16)20(21,22)23/h5,8,14-15,24H,3-4,6-7,9-11H2,1-2H3/t14-,15+,19-/m0/s1. The number of nitrogens with zero attached hydrogens (tertiary/aromatic N) is 3. The number of carbonyl (C=O) groups is 2. The summed E-state index contributed by atoms with van der Waals surface area (Å²) >= 11 is 0. The van der Waals surface area contributed by atoms with Gasteiger partial charge in [-0.25, -0.2) is 4.79 Å². The molecule has 1 aromatic heterocycles. The lowest BCUT2D eigenvalue weighted by Crippen LogP contribution is -2.49. The number of rotatable bonds is 2. The Kier molecular flexibility index (Phi) is 5.16. The maximum Gasteiger partial charge on any atom is 0.417 e. The number of pyridine rings is 1. The first-order valence-corrected chi connectivity index (χ1v) is 10.0. The lowest BCUT2D eigenvalue weighted by molar-refractivity contribution is -0.143. The van der Waals surface area contributed by atoms with Crippen molar-refractivity contribution in [2.75, 3.05) is 33.8 Å². The van der Waals surface area contributed by atoms with Crippen LogP contribution in [0.3, 0.4) is 0 Å². The van der Waals surface area contributed by atoms with Gasteiger partial charge in [-0.1, -0.05) is 0 Å². The first-order chi connectivity index (χ1) is 14.2. The molecule has 1 saturated heterocycles. The molecule has 0 bridgehead atoms. The molecule has 7 nitrogen and oxygen atoms in total. The number of aromatic nitrogens is 1. The molecule has 3 heterocycles. The molecule has 4 rings (SSSR count). The molecule has 0 unspecified atom stereocenters. The van der Waals surface area contributed by atoms with E-state index in [0.29, 0.717) is 37.2 Å². The Morgan fingerprint density at radius 2 is 2.10 bits per heavy atom. The van der Waals surface area contributed by atoms with Crippen molar-refractivity contribution in [3.63, 3.8) is 0 Å². The molecule has 0 spiro atoms. The van der Waals surface area contributed by atoms with Crippen LogP contribution in [0.15, 0.2) is 12.3 Å². The van der Waals surface area contributed by atoms with Crippen LogP contribution < -0.4 is 5.32 Å². The summed E-state index contributed by atoms with van der Waals surface area (Å²) in [5.74, 6) is -0.109. The monoisotopic (exact) mass is 426 g/mol. The normalized spacial score (nSPS) is 28.3. The summed E-state index contributed by atoms with van der Waals surface area (Å²) in [6.07, 6.45) is -2.32. The van der Waals surface area contributed by atoms with Crippen LogP contribution in [0.5, 0.6) is 0 Å². The third-order valence-corrected chi connectivity index (χ3v) is 6.80. The summed E-state index contributed by atoms with van der Waals surface area (Å²) in [6.45, 7) is 1.22. The molecule has 2 fully saturated rings. The van der Waals surface area contributed by atoms with Crippen LogP contribution in [0.4, 0.5) is 18.0 Å². The fraction of sp³-hybridized carbons (Fsp3) is 0.650. The van der Waals surface area contributed by atoms with Crippen molar-refractivity contribution in [1.82, 2.24) is 20.1 Å². The van der Waals surface area contributed by atoms with Crippen molar-refractivity contribution in [3.05, 3.63) is 29.1 Å². The maximum absolute atomic E-state index is 13.7. The lowest BCUT2D eigenvalue weighted by Gasteiger charge is -2.37. The van der Waals surface area contributed by atoms with Crippen LogP contribution >= 0.6 is 0 Å². The zero-order chi connectivity index (χ0) is 21.7. The van der Waals surface area contributed by atoms with Crippen molar-refractivity contribution >= 4 is 12.0 Å². The summed E-state index contributed by atoms with van der Waals surface area (Å²) in [4.78, 5) is 32.9. The number of amides is 2. The average molecular weight is 426 g/mol. The lowest BCUT2D eigenvalue weighted by atomic mass is 9.78. The number of nitrogens with one attached hydrogen (secondary N) is 1. The molecule has 1 saturated carbocycles. The third-order valence-electron chi connectivity index (χ3n) is 6.80. The first-order valence-electron chi connectivity index (χ1n) is 10.0. The minimum absolute atomic E-state index is 0.0115. The summed E-state index contributed by atoms with van der Waals surface area (Å²) in [5, 5.41) is 3.23. The van der Waals surface area contributed by atoms with Crippen molar-refractivity contribution < 1.29 is 27.5 Å². The van der Waals surface area contributed by atoms with Crippen LogP contribution in [-0.4, -0.2) is 66.6 Å². The van der Waals surface area contributed by atoms with Crippen molar-refractivity contribution in [2.45, 2.75) is 38.0 Å². The van der Waals surface area contributed by atoms with Crippen molar-refractivity contribution in [2.24, 2.45) is 11.3 Å². The number of hydrogen-bond donors (Lipinski definition) is 1. The second kappa shape index (κ2) is 7.40. The smallest absolute Gasteiger partial charge is 0.417 e.